The van der Waals surface area contributed by atoms with E-state index < -0.39 is 5.82 Å². The van der Waals surface area contributed by atoms with Gasteiger partial charge in [-0.3, -0.25) is 4.79 Å². The smallest absolute Gasteiger partial charge is 0.166 e. The highest BCUT2D eigenvalue weighted by molar-refractivity contribution is 5.98. The fraction of sp³-hybridized carbons (Fsp3) is 0.417. The van der Waals surface area contributed by atoms with Gasteiger partial charge in [-0.15, -0.1) is 0 Å². The van der Waals surface area contributed by atoms with Crippen molar-refractivity contribution in [2.24, 2.45) is 0 Å². The number of ether oxygens (including phenoxy) is 1. The summed E-state index contributed by atoms with van der Waals surface area (Å²) in [5, 5.41) is 0. The first-order valence-electron chi connectivity index (χ1n) is 5.12. The standard InChI is InChI=1S/C12H13FO2/c1-15-11-7-6-9(13)12-8(11)4-2-3-5-10(12)14/h6-7H,2-5H2,1H3. The van der Waals surface area contributed by atoms with Gasteiger partial charge in [0.2, 0.25) is 0 Å². The van der Waals surface area contributed by atoms with Crippen LogP contribution in [0, 0.1) is 5.82 Å². The topological polar surface area (TPSA) is 26.3 Å². The van der Waals surface area contributed by atoms with Gasteiger partial charge in [-0.25, -0.2) is 4.39 Å². The largest absolute Gasteiger partial charge is 0.496 e. The predicted octanol–water partition coefficient (Wildman–Crippen LogP) is 2.74. The molecular formula is C12H13FO2. The molecule has 0 saturated heterocycles. The number of carbonyl (C=O) groups excluding carboxylic acids is 1. The molecule has 80 valence electrons. The van der Waals surface area contributed by atoms with Gasteiger partial charge in [0.25, 0.3) is 0 Å². The van der Waals surface area contributed by atoms with E-state index in [1.807, 2.05) is 0 Å². The van der Waals surface area contributed by atoms with Crippen molar-refractivity contribution in [2.75, 3.05) is 7.11 Å². The van der Waals surface area contributed by atoms with Crippen LogP contribution in [0.5, 0.6) is 5.75 Å². The molecule has 0 unspecified atom stereocenters. The zero-order valence-corrected chi connectivity index (χ0v) is 8.68. The van der Waals surface area contributed by atoms with Crippen molar-refractivity contribution < 1.29 is 13.9 Å². The summed E-state index contributed by atoms with van der Waals surface area (Å²) in [5.41, 5.74) is 0.979. The Morgan fingerprint density at radius 1 is 1.27 bits per heavy atom. The third-order valence-corrected chi connectivity index (χ3v) is 2.80. The first-order chi connectivity index (χ1) is 7.24. The highest BCUT2D eigenvalue weighted by Gasteiger charge is 2.22. The molecule has 0 fully saturated rings. The maximum Gasteiger partial charge on any atom is 0.166 e. The Bertz CT molecular complexity index is 399. The van der Waals surface area contributed by atoms with Crippen LogP contribution in [-0.2, 0) is 6.42 Å². The molecule has 2 nitrogen and oxygen atoms in total. The van der Waals surface area contributed by atoms with Crippen molar-refractivity contribution in [2.45, 2.75) is 25.7 Å². The lowest BCUT2D eigenvalue weighted by atomic mass is 10.0. The minimum absolute atomic E-state index is 0.0982. The summed E-state index contributed by atoms with van der Waals surface area (Å²) in [4.78, 5) is 11.7. The van der Waals surface area contributed by atoms with E-state index in [9.17, 15) is 9.18 Å². The van der Waals surface area contributed by atoms with Crippen LogP contribution in [0.2, 0.25) is 0 Å². The van der Waals surface area contributed by atoms with E-state index in [2.05, 4.69) is 0 Å². The molecule has 15 heavy (non-hydrogen) atoms. The van der Waals surface area contributed by atoms with Crippen LogP contribution in [0.25, 0.3) is 0 Å². The highest BCUT2D eigenvalue weighted by atomic mass is 19.1. The second-order valence-corrected chi connectivity index (χ2v) is 3.73. The van der Waals surface area contributed by atoms with Gasteiger partial charge in [-0.2, -0.15) is 0 Å². The highest BCUT2D eigenvalue weighted by Crippen LogP contribution is 2.30. The van der Waals surface area contributed by atoms with E-state index in [1.54, 1.807) is 13.2 Å². The van der Waals surface area contributed by atoms with Crippen molar-refractivity contribution in [3.8, 4) is 5.75 Å². The minimum atomic E-state index is -0.419. The van der Waals surface area contributed by atoms with E-state index in [0.717, 1.165) is 24.8 Å². The maximum absolute atomic E-state index is 13.5. The summed E-state index contributed by atoms with van der Waals surface area (Å²) in [6, 6.07) is 2.90. The molecule has 2 rings (SSSR count). The van der Waals surface area contributed by atoms with Crippen molar-refractivity contribution in [1.29, 1.82) is 0 Å². The number of Topliss-reactive ketones (excluding diaryl/α,β-unsaturated/α-hetero) is 1. The number of methoxy groups -OCH3 is 1. The van der Waals surface area contributed by atoms with Crippen LogP contribution in [0.3, 0.4) is 0 Å². The molecule has 0 aromatic heterocycles. The van der Waals surface area contributed by atoms with Crippen LogP contribution in [0.1, 0.15) is 35.2 Å². The fourth-order valence-corrected chi connectivity index (χ4v) is 2.05. The number of halogens is 1. The Morgan fingerprint density at radius 3 is 2.73 bits per heavy atom. The van der Waals surface area contributed by atoms with Gasteiger partial charge in [-0.1, -0.05) is 0 Å². The first-order valence-corrected chi connectivity index (χ1v) is 5.12. The van der Waals surface area contributed by atoms with Gasteiger partial charge in [0.15, 0.2) is 5.78 Å². The third kappa shape index (κ3) is 1.74. The average molecular weight is 208 g/mol. The first kappa shape index (κ1) is 10.1. The molecule has 0 aliphatic heterocycles. The number of ketones is 1. The van der Waals surface area contributed by atoms with Gasteiger partial charge < -0.3 is 4.74 Å². The molecule has 1 aromatic rings. The predicted molar refractivity (Wildman–Crippen MR) is 54.8 cm³/mol. The van der Waals surface area contributed by atoms with E-state index in [0.29, 0.717) is 12.2 Å². The molecule has 0 bridgehead atoms. The Kier molecular flexibility index (Phi) is 2.71. The van der Waals surface area contributed by atoms with Gasteiger partial charge in [0.1, 0.15) is 11.6 Å². The lowest BCUT2D eigenvalue weighted by molar-refractivity contribution is 0.0978. The SMILES string of the molecule is COc1ccc(F)c2c1CCCCC2=O. The van der Waals surface area contributed by atoms with Crippen molar-refractivity contribution in [1.82, 2.24) is 0 Å². The lowest BCUT2D eigenvalue weighted by Crippen LogP contribution is -2.05. The van der Waals surface area contributed by atoms with Crippen LogP contribution in [0.4, 0.5) is 4.39 Å². The lowest BCUT2D eigenvalue weighted by Gasteiger charge is -2.10. The molecule has 1 aliphatic carbocycles. The summed E-state index contributed by atoms with van der Waals surface area (Å²) in [6.07, 6.45) is 2.91. The normalized spacial score (nSPS) is 15.7. The quantitative estimate of drug-likeness (QED) is 0.663. The Balaban J connectivity index is 2.60. The molecule has 0 saturated carbocycles. The van der Waals surface area contributed by atoms with Crippen molar-refractivity contribution in [3.05, 3.63) is 29.1 Å². The van der Waals surface area contributed by atoms with Gasteiger partial charge >= 0.3 is 0 Å². The molecule has 0 radical (unpaired) electrons. The summed E-state index contributed by atoms with van der Waals surface area (Å²) >= 11 is 0. The van der Waals surface area contributed by atoms with Crippen LogP contribution < -0.4 is 4.74 Å². The van der Waals surface area contributed by atoms with Crippen LogP contribution in [-0.4, -0.2) is 12.9 Å². The van der Waals surface area contributed by atoms with E-state index in [4.69, 9.17) is 4.74 Å². The molecule has 0 heterocycles. The maximum atomic E-state index is 13.5. The Morgan fingerprint density at radius 2 is 2.00 bits per heavy atom. The zero-order valence-electron chi connectivity index (χ0n) is 8.68. The average Bonchev–Trinajstić information content (AvgIpc) is 2.42. The number of fused-ring (bicyclic) bond motifs is 1. The zero-order chi connectivity index (χ0) is 10.8. The second kappa shape index (κ2) is 4.01. The summed E-state index contributed by atoms with van der Waals surface area (Å²) in [5.74, 6) is 0.109. The van der Waals surface area contributed by atoms with Crippen LogP contribution in [0.15, 0.2) is 12.1 Å². The number of rotatable bonds is 1. The molecule has 0 spiro atoms. The number of hydrogen-bond acceptors (Lipinski definition) is 2. The van der Waals surface area contributed by atoms with Crippen molar-refractivity contribution in [3.63, 3.8) is 0 Å². The van der Waals surface area contributed by atoms with Gasteiger partial charge in [0, 0.05) is 12.0 Å². The fourth-order valence-electron chi connectivity index (χ4n) is 2.05. The Labute approximate surface area is 88.1 Å². The van der Waals surface area contributed by atoms with Gasteiger partial charge in [0.05, 0.1) is 12.7 Å². The molecule has 0 N–H and O–H groups in total. The minimum Gasteiger partial charge on any atom is -0.496 e. The molecular weight excluding hydrogens is 195 g/mol. The van der Waals surface area contributed by atoms with Gasteiger partial charge in [-0.05, 0) is 31.4 Å². The molecule has 0 atom stereocenters. The Hall–Kier alpha value is -1.38. The monoisotopic (exact) mass is 208 g/mol. The van der Waals surface area contributed by atoms with E-state index in [1.165, 1.54) is 6.07 Å². The molecule has 1 aliphatic rings. The van der Waals surface area contributed by atoms with Crippen molar-refractivity contribution >= 4 is 5.78 Å². The second-order valence-electron chi connectivity index (χ2n) is 3.73. The molecule has 0 amide bonds. The summed E-state index contributed by atoms with van der Waals surface area (Å²) in [6.45, 7) is 0. The summed E-state index contributed by atoms with van der Waals surface area (Å²) < 4.78 is 18.7. The third-order valence-electron chi connectivity index (χ3n) is 2.80. The van der Waals surface area contributed by atoms with Crippen LogP contribution >= 0.6 is 0 Å². The summed E-state index contributed by atoms with van der Waals surface area (Å²) in [7, 11) is 1.54. The number of carbonyl (C=O) groups is 1. The molecule has 1 aromatic carbocycles. The van der Waals surface area contributed by atoms with E-state index in [-0.39, 0.29) is 11.3 Å². The number of hydrogen-bond donors (Lipinski definition) is 0. The van der Waals surface area contributed by atoms with E-state index >= 15 is 0 Å². The molecule has 3 heteroatoms. The number of benzene rings is 1.